The summed E-state index contributed by atoms with van der Waals surface area (Å²) in [5, 5.41) is 6.40. The molecule has 1 unspecified atom stereocenters. The molecule has 1 saturated heterocycles. The second-order valence-corrected chi connectivity index (χ2v) is 5.47. The smallest absolute Gasteiger partial charge is 0.224 e. The molecule has 1 amide bonds. The molecular formula is C16H25ClN2O2. The fourth-order valence-electron chi connectivity index (χ4n) is 2.80. The maximum absolute atomic E-state index is 12.0. The summed E-state index contributed by atoms with van der Waals surface area (Å²) >= 11 is 0. The van der Waals surface area contributed by atoms with Crippen LogP contribution in [-0.4, -0.2) is 25.6 Å². The van der Waals surface area contributed by atoms with Gasteiger partial charge in [-0.15, -0.1) is 12.4 Å². The Bertz CT molecular complexity index is 485. The van der Waals surface area contributed by atoms with Gasteiger partial charge in [-0.1, -0.05) is 6.07 Å². The number of hydrogen-bond donors (Lipinski definition) is 2. The number of anilines is 1. The van der Waals surface area contributed by atoms with Crippen LogP contribution in [0.3, 0.4) is 0 Å². The highest BCUT2D eigenvalue weighted by Gasteiger charge is 2.16. The van der Waals surface area contributed by atoms with Gasteiger partial charge in [0.1, 0.15) is 5.75 Å². The second kappa shape index (κ2) is 8.25. The number of carbonyl (C=O) groups excluding carboxylic acids is 1. The largest absolute Gasteiger partial charge is 0.496 e. The molecule has 2 N–H and O–H groups in total. The van der Waals surface area contributed by atoms with Crippen molar-refractivity contribution in [1.82, 2.24) is 5.32 Å². The first-order chi connectivity index (χ1) is 9.61. The van der Waals surface area contributed by atoms with Crippen LogP contribution in [0.4, 0.5) is 5.69 Å². The van der Waals surface area contributed by atoms with E-state index in [1.54, 1.807) is 7.11 Å². The van der Waals surface area contributed by atoms with E-state index >= 15 is 0 Å². The molecule has 2 rings (SSSR count). The Kier molecular flexibility index (Phi) is 6.99. The van der Waals surface area contributed by atoms with Gasteiger partial charge in [0.05, 0.1) is 7.11 Å². The molecule has 5 heteroatoms. The number of aryl methyl sites for hydroxylation is 1. The average Bonchev–Trinajstić information content (AvgIpc) is 2.94. The number of carbonyl (C=O) groups is 1. The van der Waals surface area contributed by atoms with Gasteiger partial charge in [0.15, 0.2) is 0 Å². The minimum atomic E-state index is 0. The molecule has 1 aliphatic heterocycles. The van der Waals surface area contributed by atoms with Crippen molar-refractivity contribution in [2.75, 3.05) is 19.0 Å². The number of ether oxygens (including phenoxy) is 1. The number of benzene rings is 1. The molecule has 0 radical (unpaired) electrons. The number of methoxy groups -OCH3 is 1. The van der Waals surface area contributed by atoms with Crippen LogP contribution in [0, 0.1) is 13.8 Å². The van der Waals surface area contributed by atoms with E-state index in [2.05, 4.69) is 10.6 Å². The zero-order valence-corrected chi connectivity index (χ0v) is 13.8. The highest BCUT2D eigenvalue weighted by atomic mass is 35.5. The molecule has 0 spiro atoms. The Labute approximate surface area is 133 Å². The summed E-state index contributed by atoms with van der Waals surface area (Å²) in [6.45, 7) is 5.06. The second-order valence-electron chi connectivity index (χ2n) is 5.47. The monoisotopic (exact) mass is 312 g/mol. The summed E-state index contributed by atoms with van der Waals surface area (Å²) in [4.78, 5) is 12.0. The van der Waals surface area contributed by atoms with Gasteiger partial charge in [-0.2, -0.15) is 0 Å². The summed E-state index contributed by atoms with van der Waals surface area (Å²) in [5.74, 6) is 0.924. The van der Waals surface area contributed by atoms with Crippen molar-refractivity contribution in [3.05, 3.63) is 23.3 Å². The molecule has 4 nitrogen and oxygen atoms in total. The Morgan fingerprint density at radius 3 is 2.81 bits per heavy atom. The maximum atomic E-state index is 12.0. The number of hydrogen-bond acceptors (Lipinski definition) is 3. The first-order valence-electron chi connectivity index (χ1n) is 7.29. The Morgan fingerprint density at radius 2 is 2.19 bits per heavy atom. The fraction of sp³-hybridized carbons (Fsp3) is 0.562. The quantitative estimate of drug-likeness (QED) is 0.878. The van der Waals surface area contributed by atoms with Gasteiger partial charge in [0.25, 0.3) is 0 Å². The normalized spacial score (nSPS) is 17.2. The zero-order chi connectivity index (χ0) is 14.5. The molecule has 1 atom stereocenters. The molecule has 0 saturated carbocycles. The standard InChI is InChI=1S/C16H24N2O2.ClH/c1-11-6-8-14(12(2)16(11)20-3)18-15(19)9-7-13-5-4-10-17-13;/h6,8,13,17H,4-5,7,9-10H2,1-3H3,(H,18,19);1H. The van der Waals surface area contributed by atoms with Gasteiger partial charge in [-0.3, -0.25) is 4.79 Å². The van der Waals surface area contributed by atoms with Crippen molar-refractivity contribution in [2.24, 2.45) is 0 Å². The van der Waals surface area contributed by atoms with Gasteiger partial charge in [0, 0.05) is 23.7 Å². The van der Waals surface area contributed by atoms with Crippen molar-refractivity contribution in [2.45, 2.75) is 45.6 Å². The van der Waals surface area contributed by atoms with Crippen molar-refractivity contribution in [3.63, 3.8) is 0 Å². The summed E-state index contributed by atoms with van der Waals surface area (Å²) in [6.07, 6.45) is 3.88. The summed E-state index contributed by atoms with van der Waals surface area (Å²) in [6, 6.07) is 4.42. The third kappa shape index (κ3) is 4.61. The number of nitrogens with one attached hydrogen (secondary N) is 2. The highest BCUT2D eigenvalue weighted by Crippen LogP contribution is 2.29. The van der Waals surface area contributed by atoms with E-state index in [9.17, 15) is 4.79 Å². The van der Waals surface area contributed by atoms with Crippen molar-refractivity contribution in [3.8, 4) is 5.75 Å². The van der Waals surface area contributed by atoms with Gasteiger partial charge in [0.2, 0.25) is 5.91 Å². The predicted molar refractivity (Wildman–Crippen MR) is 88.6 cm³/mol. The van der Waals surface area contributed by atoms with E-state index in [1.165, 1.54) is 12.8 Å². The van der Waals surface area contributed by atoms with Gasteiger partial charge in [-0.25, -0.2) is 0 Å². The topological polar surface area (TPSA) is 50.4 Å². The fourth-order valence-corrected chi connectivity index (χ4v) is 2.80. The van der Waals surface area contributed by atoms with Crippen LogP contribution in [0.5, 0.6) is 5.75 Å². The van der Waals surface area contributed by atoms with E-state index in [1.807, 2.05) is 26.0 Å². The molecule has 1 fully saturated rings. The number of halogens is 1. The summed E-state index contributed by atoms with van der Waals surface area (Å²) < 4.78 is 5.38. The summed E-state index contributed by atoms with van der Waals surface area (Å²) in [7, 11) is 1.66. The molecule has 21 heavy (non-hydrogen) atoms. The lowest BCUT2D eigenvalue weighted by molar-refractivity contribution is -0.116. The van der Waals surface area contributed by atoms with E-state index in [4.69, 9.17) is 4.74 Å². The summed E-state index contributed by atoms with van der Waals surface area (Å²) in [5.41, 5.74) is 2.91. The van der Waals surface area contributed by atoms with Crippen LogP contribution in [0.25, 0.3) is 0 Å². The van der Waals surface area contributed by atoms with Crippen molar-refractivity contribution in [1.29, 1.82) is 0 Å². The van der Waals surface area contributed by atoms with Gasteiger partial charge < -0.3 is 15.4 Å². The molecule has 0 aromatic heterocycles. The molecule has 0 aliphatic carbocycles. The van der Waals surface area contributed by atoms with Crippen LogP contribution >= 0.6 is 12.4 Å². The maximum Gasteiger partial charge on any atom is 0.224 e. The molecule has 1 heterocycles. The first kappa shape index (κ1) is 17.8. The number of rotatable bonds is 5. The van der Waals surface area contributed by atoms with E-state index in [0.29, 0.717) is 12.5 Å². The van der Waals surface area contributed by atoms with Crippen molar-refractivity contribution >= 4 is 24.0 Å². The zero-order valence-electron chi connectivity index (χ0n) is 13.0. The van der Waals surface area contributed by atoms with E-state index in [0.717, 1.165) is 35.5 Å². The van der Waals surface area contributed by atoms with Gasteiger partial charge >= 0.3 is 0 Å². The van der Waals surface area contributed by atoms with Crippen LogP contribution < -0.4 is 15.4 Å². The third-order valence-electron chi connectivity index (χ3n) is 3.96. The van der Waals surface area contributed by atoms with Gasteiger partial charge in [-0.05, 0) is 51.3 Å². The number of amides is 1. The molecule has 0 bridgehead atoms. The molecule has 1 aliphatic rings. The lowest BCUT2D eigenvalue weighted by Gasteiger charge is -2.15. The Hall–Kier alpha value is -1.26. The third-order valence-corrected chi connectivity index (χ3v) is 3.96. The lowest BCUT2D eigenvalue weighted by atomic mass is 10.1. The SMILES string of the molecule is COc1c(C)ccc(NC(=O)CCC2CCCN2)c1C.Cl. The van der Waals surface area contributed by atoms with E-state index in [-0.39, 0.29) is 18.3 Å². The molecule has 118 valence electrons. The van der Waals surface area contributed by atoms with Crippen LogP contribution in [0.15, 0.2) is 12.1 Å². The predicted octanol–water partition coefficient (Wildman–Crippen LogP) is 3.20. The van der Waals surface area contributed by atoms with Crippen LogP contribution in [-0.2, 0) is 4.79 Å². The highest BCUT2D eigenvalue weighted by molar-refractivity contribution is 5.92. The molecular weight excluding hydrogens is 288 g/mol. The Morgan fingerprint density at radius 1 is 1.43 bits per heavy atom. The van der Waals surface area contributed by atoms with Crippen LogP contribution in [0.2, 0.25) is 0 Å². The van der Waals surface area contributed by atoms with Crippen molar-refractivity contribution < 1.29 is 9.53 Å². The minimum absolute atomic E-state index is 0. The molecule has 1 aromatic carbocycles. The average molecular weight is 313 g/mol. The Balaban J connectivity index is 0.00000220. The van der Waals surface area contributed by atoms with E-state index < -0.39 is 0 Å². The first-order valence-corrected chi connectivity index (χ1v) is 7.29. The van der Waals surface area contributed by atoms with Crippen LogP contribution in [0.1, 0.15) is 36.8 Å². The lowest BCUT2D eigenvalue weighted by Crippen LogP contribution is -2.23. The minimum Gasteiger partial charge on any atom is -0.496 e. The molecule has 1 aromatic rings.